The van der Waals surface area contributed by atoms with Crippen molar-refractivity contribution in [2.45, 2.75) is 19.5 Å². The lowest BCUT2D eigenvalue weighted by atomic mass is 10.2. The van der Waals surface area contributed by atoms with Crippen molar-refractivity contribution in [2.24, 2.45) is 10.7 Å². The first-order valence-electron chi connectivity index (χ1n) is 7.51. The average molecular weight is 369 g/mol. The fourth-order valence-corrected chi connectivity index (χ4v) is 2.07. The zero-order chi connectivity index (χ0) is 19.2. The van der Waals surface area contributed by atoms with Crippen molar-refractivity contribution < 1.29 is 27.8 Å². The average Bonchev–Trinajstić information content (AvgIpc) is 2.58. The maximum absolute atomic E-state index is 12.1. The standard InChI is InChI=1S/C17H18F3N3O3/c1-25-15-7-4-12(8-14(15)24)10-23-16(21)22-9-11-2-5-13(6-3-11)26-17(18,19)20/h2-8,24H,9-10H2,1H3,(H3,21,22,23). The van der Waals surface area contributed by atoms with E-state index in [4.69, 9.17) is 10.5 Å². The van der Waals surface area contributed by atoms with Crippen LogP contribution in [0.25, 0.3) is 0 Å². The third-order valence-electron chi connectivity index (χ3n) is 3.31. The highest BCUT2D eigenvalue weighted by Crippen LogP contribution is 2.26. The first kappa shape index (κ1) is 19.2. The van der Waals surface area contributed by atoms with Gasteiger partial charge >= 0.3 is 6.36 Å². The first-order chi connectivity index (χ1) is 12.3. The maximum atomic E-state index is 12.1. The van der Waals surface area contributed by atoms with Gasteiger partial charge in [0.2, 0.25) is 0 Å². The number of nitrogens with two attached hydrogens (primary N) is 1. The van der Waals surface area contributed by atoms with E-state index in [-0.39, 0.29) is 30.5 Å². The van der Waals surface area contributed by atoms with Crippen LogP contribution in [0.1, 0.15) is 11.1 Å². The largest absolute Gasteiger partial charge is 0.573 e. The second kappa shape index (κ2) is 8.32. The van der Waals surface area contributed by atoms with Gasteiger partial charge in [-0.15, -0.1) is 13.2 Å². The zero-order valence-corrected chi connectivity index (χ0v) is 13.9. The second-order valence-electron chi connectivity index (χ2n) is 5.25. The van der Waals surface area contributed by atoms with E-state index < -0.39 is 6.36 Å². The van der Waals surface area contributed by atoms with Gasteiger partial charge in [0.25, 0.3) is 0 Å². The normalized spacial score (nSPS) is 11.9. The minimum absolute atomic E-state index is 0.00731. The molecule has 2 aromatic carbocycles. The van der Waals surface area contributed by atoms with Crippen LogP contribution in [0.2, 0.25) is 0 Å². The molecule has 9 heteroatoms. The summed E-state index contributed by atoms with van der Waals surface area (Å²) in [6.45, 7) is 0.532. The molecule has 6 nitrogen and oxygen atoms in total. The number of nitrogens with zero attached hydrogens (tertiary/aromatic N) is 1. The Morgan fingerprint density at radius 2 is 1.81 bits per heavy atom. The zero-order valence-electron chi connectivity index (χ0n) is 13.9. The van der Waals surface area contributed by atoms with Gasteiger partial charge in [-0.2, -0.15) is 0 Å². The van der Waals surface area contributed by atoms with E-state index >= 15 is 0 Å². The third-order valence-corrected chi connectivity index (χ3v) is 3.31. The fraction of sp³-hybridized carbons (Fsp3) is 0.235. The Hall–Kier alpha value is -3.10. The number of phenolic OH excluding ortho intramolecular Hbond substituents is 1. The molecule has 0 aromatic heterocycles. The molecule has 0 atom stereocenters. The Labute approximate surface area is 148 Å². The predicted molar refractivity (Wildman–Crippen MR) is 89.9 cm³/mol. The van der Waals surface area contributed by atoms with Crippen LogP contribution < -0.4 is 20.5 Å². The minimum Gasteiger partial charge on any atom is -0.504 e. The molecule has 2 rings (SSSR count). The molecule has 4 N–H and O–H groups in total. The number of nitrogens with one attached hydrogen (secondary N) is 1. The van der Waals surface area contributed by atoms with Gasteiger partial charge in [0.05, 0.1) is 13.7 Å². The maximum Gasteiger partial charge on any atom is 0.573 e. The highest BCUT2D eigenvalue weighted by molar-refractivity contribution is 5.77. The number of benzene rings is 2. The highest BCUT2D eigenvalue weighted by atomic mass is 19.4. The Balaban J connectivity index is 1.86. The number of hydrogen-bond donors (Lipinski definition) is 3. The van der Waals surface area contributed by atoms with E-state index in [0.717, 1.165) is 5.56 Å². The number of methoxy groups -OCH3 is 1. The van der Waals surface area contributed by atoms with Crippen LogP contribution in [0.5, 0.6) is 17.2 Å². The lowest BCUT2D eigenvalue weighted by Gasteiger charge is -2.10. The molecule has 0 heterocycles. The van der Waals surface area contributed by atoms with Crippen LogP contribution in [0, 0.1) is 0 Å². The van der Waals surface area contributed by atoms with Gasteiger partial charge in [-0.05, 0) is 35.4 Å². The molecule has 0 radical (unpaired) electrons. The Morgan fingerprint density at radius 1 is 1.15 bits per heavy atom. The number of rotatable bonds is 6. The minimum atomic E-state index is -4.72. The predicted octanol–water partition coefficient (Wildman–Crippen LogP) is 2.90. The topological polar surface area (TPSA) is 89.1 Å². The van der Waals surface area contributed by atoms with Crippen LogP contribution in [0.15, 0.2) is 47.5 Å². The van der Waals surface area contributed by atoms with Crippen molar-refractivity contribution in [3.05, 3.63) is 53.6 Å². The molecular formula is C17H18F3N3O3. The molecular weight excluding hydrogens is 351 g/mol. The molecule has 2 aromatic rings. The summed E-state index contributed by atoms with van der Waals surface area (Å²) >= 11 is 0. The first-order valence-corrected chi connectivity index (χ1v) is 7.51. The van der Waals surface area contributed by atoms with Gasteiger partial charge in [0, 0.05) is 6.54 Å². The molecule has 0 amide bonds. The van der Waals surface area contributed by atoms with Gasteiger partial charge < -0.3 is 25.6 Å². The Bertz CT molecular complexity index is 762. The van der Waals surface area contributed by atoms with E-state index in [1.807, 2.05) is 0 Å². The lowest BCUT2D eigenvalue weighted by molar-refractivity contribution is -0.274. The number of halogens is 3. The molecule has 0 bridgehead atoms. The summed E-state index contributed by atoms with van der Waals surface area (Å²) in [5.41, 5.74) is 7.20. The molecule has 0 fully saturated rings. The highest BCUT2D eigenvalue weighted by Gasteiger charge is 2.30. The summed E-state index contributed by atoms with van der Waals surface area (Å²) in [6, 6.07) is 10.3. The van der Waals surface area contributed by atoms with Gasteiger partial charge in [-0.1, -0.05) is 18.2 Å². The summed E-state index contributed by atoms with van der Waals surface area (Å²) in [5, 5.41) is 12.6. The third kappa shape index (κ3) is 6.08. The molecule has 0 saturated heterocycles. The van der Waals surface area contributed by atoms with Gasteiger partial charge in [-0.25, -0.2) is 4.99 Å². The fourth-order valence-electron chi connectivity index (χ4n) is 2.07. The smallest absolute Gasteiger partial charge is 0.504 e. The van der Waals surface area contributed by atoms with Gasteiger partial charge in [0.1, 0.15) is 5.75 Å². The van der Waals surface area contributed by atoms with E-state index in [0.29, 0.717) is 11.3 Å². The number of hydrogen-bond acceptors (Lipinski definition) is 4. The van der Waals surface area contributed by atoms with Crippen molar-refractivity contribution in [3.63, 3.8) is 0 Å². The van der Waals surface area contributed by atoms with Crippen LogP contribution in [0.4, 0.5) is 13.2 Å². The summed E-state index contributed by atoms with van der Waals surface area (Å²) in [4.78, 5) is 4.13. The summed E-state index contributed by atoms with van der Waals surface area (Å²) in [5.74, 6) is 0.243. The van der Waals surface area contributed by atoms with Crippen LogP contribution in [-0.4, -0.2) is 24.5 Å². The molecule has 0 aliphatic heterocycles. The van der Waals surface area contributed by atoms with Crippen molar-refractivity contribution >= 4 is 5.96 Å². The lowest BCUT2D eigenvalue weighted by Crippen LogP contribution is -2.31. The van der Waals surface area contributed by atoms with E-state index in [2.05, 4.69) is 15.0 Å². The SMILES string of the molecule is COc1ccc(CN=C(N)NCc2ccc(OC(F)(F)F)cc2)cc1O. The van der Waals surface area contributed by atoms with E-state index in [1.54, 1.807) is 12.1 Å². The monoisotopic (exact) mass is 369 g/mol. The van der Waals surface area contributed by atoms with Crippen LogP contribution >= 0.6 is 0 Å². The van der Waals surface area contributed by atoms with Gasteiger partial charge in [0.15, 0.2) is 17.5 Å². The number of alkyl halides is 3. The molecule has 140 valence electrons. The number of ether oxygens (including phenoxy) is 2. The molecule has 0 spiro atoms. The van der Waals surface area contributed by atoms with Crippen LogP contribution in [0.3, 0.4) is 0 Å². The van der Waals surface area contributed by atoms with Gasteiger partial charge in [-0.3, -0.25) is 0 Å². The summed E-state index contributed by atoms with van der Waals surface area (Å²) < 4.78 is 45.0. The second-order valence-corrected chi connectivity index (χ2v) is 5.25. The summed E-state index contributed by atoms with van der Waals surface area (Å²) in [7, 11) is 1.45. The van der Waals surface area contributed by atoms with Crippen molar-refractivity contribution in [3.8, 4) is 17.2 Å². The molecule has 26 heavy (non-hydrogen) atoms. The Kier molecular flexibility index (Phi) is 6.16. The quantitative estimate of drug-likeness (QED) is 0.538. The number of aromatic hydroxyl groups is 1. The van der Waals surface area contributed by atoms with E-state index in [9.17, 15) is 18.3 Å². The molecule has 0 aliphatic rings. The molecule has 0 unspecified atom stereocenters. The van der Waals surface area contributed by atoms with Crippen molar-refractivity contribution in [1.29, 1.82) is 0 Å². The van der Waals surface area contributed by atoms with Crippen molar-refractivity contribution in [1.82, 2.24) is 5.32 Å². The molecule has 0 aliphatic carbocycles. The summed E-state index contributed by atoms with van der Waals surface area (Å²) in [6.07, 6.45) is -4.72. The molecule has 0 saturated carbocycles. The Morgan fingerprint density at radius 3 is 2.38 bits per heavy atom. The van der Waals surface area contributed by atoms with E-state index in [1.165, 1.54) is 37.4 Å². The van der Waals surface area contributed by atoms with Crippen molar-refractivity contribution in [2.75, 3.05) is 7.11 Å². The number of aliphatic imine (C=N–C) groups is 1. The number of phenols is 1. The number of guanidine groups is 1. The van der Waals surface area contributed by atoms with Crippen LogP contribution in [-0.2, 0) is 13.1 Å².